The summed E-state index contributed by atoms with van der Waals surface area (Å²) < 4.78 is 4.84. The normalized spacial score (nSPS) is 9.18. The Balaban J connectivity index is 3.01. The first kappa shape index (κ1) is 7.53. The molecular weight excluding hydrogens is 142 g/mol. The maximum absolute atomic E-state index is 7.10. The van der Waals surface area contributed by atoms with E-state index in [-0.39, 0.29) is 5.84 Å². The average Bonchev–Trinajstić information content (AvgIpc) is 2.05. The van der Waals surface area contributed by atoms with Gasteiger partial charge in [-0.3, -0.25) is 5.41 Å². The fourth-order valence-corrected chi connectivity index (χ4v) is 0.689. The predicted molar refractivity (Wildman–Crippen MR) is 41.8 cm³/mol. The molecule has 0 spiro atoms. The number of nitrogens with two attached hydrogens (primary N) is 1. The largest absolute Gasteiger partial charge is 0.481 e. The molecule has 11 heavy (non-hydrogen) atoms. The minimum absolute atomic E-state index is 0.0192. The predicted octanol–water partition coefficient (Wildman–Crippen LogP) is 0.374. The summed E-state index contributed by atoms with van der Waals surface area (Å²) in [6.07, 6.45) is 1.55. The van der Waals surface area contributed by atoms with E-state index in [1.807, 2.05) is 0 Å². The molecule has 0 radical (unpaired) electrons. The van der Waals surface area contributed by atoms with E-state index in [0.717, 1.165) is 0 Å². The Kier molecular flexibility index (Phi) is 2.06. The van der Waals surface area contributed by atoms with Gasteiger partial charge in [0, 0.05) is 17.8 Å². The molecule has 0 aliphatic heterocycles. The molecule has 0 saturated heterocycles. The first-order chi connectivity index (χ1) is 5.24. The van der Waals surface area contributed by atoms with E-state index in [1.54, 1.807) is 18.3 Å². The topological polar surface area (TPSA) is 72.0 Å². The second-order valence-electron chi connectivity index (χ2n) is 2.00. The quantitative estimate of drug-likeness (QED) is 0.474. The molecule has 4 nitrogen and oxygen atoms in total. The SMILES string of the molecule is COc1cc(C(=N)N)ccn1. The van der Waals surface area contributed by atoms with Crippen LogP contribution in [-0.4, -0.2) is 17.9 Å². The molecule has 1 aromatic heterocycles. The Morgan fingerprint density at radius 3 is 3.00 bits per heavy atom. The van der Waals surface area contributed by atoms with Crippen LogP contribution < -0.4 is 10.5 Å². The molecule has 3 N–H and O–H groups in total. The maximum atomic E-state index is 7.10. The van der Waals surface area contributed by atoms with Crippen molar-refractivity contribution in [2.75, 3.05) is 7.11 Å². The van der Waals surface area contributed by atoms with Gasteiger partial charge in [-0.15, -0.1) is 0 Å². The fourth-order valence-electron chi connectivity index (χ4n) is 0.689. The average molecular weight is 151 g/mol. The summed E-state index contributed by atoms with van der Waals surface area (Å²) in [5.41, 5.74) is 5.86. The lowest BCUT2D eigenvalue weighted by molar-refractivity contribution is 0.398. The van der Waals surface area contributed by atoms with E-state index < -0.39 is 0 Å². The number of hydrogen-bond donors (Lipinski definition) is 2. The lowest BCUT2D eigenvalue weighted by atomic mass is 10.2. The number of nitrogens with zero attached hydrogens (tertiary/aromatic N) is 1. The molecule has 0 aromatic carbocycles. The molecular formula is C7H9N3O. The van der Waals surface area contributed by atoms with Gasteiger partial charge in [0.1, 0.15) is 5.84 Å². The number of methoxy groups -OCH3 is 1. The summed E-state index contributed by atoms with van der Waals surface area (Å²) in [6.45, 7) is 0. The van der Waals surface area contributed by atoms with Gasteiger partial charge in [0.25, 0.3) is 0 Å². The molecule has 0 atom stereocenters. The standard InChI is InChI=1S/C7H9N3O/c1-11-6-4-5(7(8)9)2-3-10-6/h2-4H,1H3,(H3,8,9). The Bertz CT molecular complexity index is 272. The van der Waals surface area contributed by atoms with Crippen molar-refractivity contribution in [1.82, 2.24) is 4.98 Å². The van der Waals surface area contributed by atoms with Gasteiger partial charge in [-0.2, -0.15) is 0 Å². The summed E-state index contributed by atoms with van der Waals surface area (Å²) in [5, 5.41) is 7.10. The molecule has 4 heteroatoms. The van der Waals surface area contributed by atoms with Crippen LogP contribution in [0.3, 0.4) is 0 Å². The van der Waals surface area contributed by atoms with Crippen LogP contribution in [0.1, 0.15) is 5.56 Å². The van der Waals surface area contributed by atoms with E-state index in [4.69, 9.17) is 15.9 Å². The third kappa shape index (κ3) is 1.67. The van der Waals surface area contributed by atoms with Crippen LogP contribution in [0.25, 0.3) is 0 Å². The number of ether oxygens (including phenoxy) is 1. The molecule has 1 heterocycles. The number of nitrogens with one attached hydrogen (secondary N) is 1. The van der Waals surface area contributed by atoms with Crippen LogP contribution >= 0.6 is 0 Å². The van der Waals surface area contributed by atoms with Gasteiger partial charge in [0.05, 0.1) is 7.11 Å². The number of amidine groups is 1. The number of nitrogen functional groups attached to an aromatic ring is 1. The molecule has 0 fully saturated rings. The number of pyridine rings is 1. The number of hydrogen-bond acceptors (Lipinski definition) is 3. The Labute approximate surface area is 64.5 Å². The van der Waals surface area contributed by atoms with Crippen molar-refractivity contribution in [3.8, 4) is 5.88 Å². The Morgan fingerprint density at radius 1 is 1.73 bits per heavy atom. The minimum Gasteiger partial charge on any atom is -0.481 e. The van der Waals surface area contributed by atoms with Crippen molar-refractivity contribution < 1.29 is 4.74 Å². The molecule has 1 rings (SSSR count). The molecule has 0 aliphatic rings. The zero-order chi connectivity index (χ0) is 8.27. The second-order valence-corrected chi connectivity index (χ2v) is 2.00. The van der Waals surface area contributed by atoms with Crippen LogP contribution in [0.2, 0.25) is 0 Å². The van der Waals surface area contributed by atoms with E-state index in [1.165, 1.54) is 7.11 Å². The highest BCUT2D eigenvalue weighted by Gasteiger charge is 1.97. The van der Waals surface area contributed by atoms with Gasteiger partial charge < -0.3 is 10.5 Å². The zero-order valence-electron chi connectivity index (χ0n) is 6.16. The lowest BCUT2D eigenvalue weighted by Crippen LogP contribution is -2.11. The van der Waals surface area contributed by atoms with Gasteiger partial charge >= 0.3 is 0 Å². The highest BCUT2D eigenvalue weighted by Crippen LogP contribution is 2.06. The third-order valence-corrected chi connectivity index (χ3v) is 1.25. The van der Waals surface area contributed by atoms with Crippen LogP contribution in [0.4, 0.5) is 0 Å². The lowest BCUT2D eigenvalue weighted by Gasteiger charge is -2.00. The van der Waals surface area contributed by atoms with Crippen molar-refractivity contribution in [2.24, 2.45) is 5.73 Å². The maximum Gasteiger partial charge on any atom is 0.213 e. The minimum atomic E-state index is 0.0192. The van der Waals surface area contributed by atoms with Gasteiger partial charge in [-0.1, -0.05) is 0 Å². The second kappa shape index (κ2) is 3.01. The Morgan fingerprint density at radius 2 is 2.45 bits per heavy atom. The van der Waals surface area contributed by atoms with Crippen LogP contribution in [0, 0.1) is 5.41 Å². The molecule has 0 aliphatic carbocycles. The molecule has 0 bridgehead atoms. The van der Waals surface area contributed by atoms with Gasteiger partial charge in [0.15, 0.2) is 0 Å². The first-order valence-electron chi connectivity index (χ1n) is 3.08. The van der Waals surface area contributed by atoms with Crippen molar-refractivity contribution in [3.63, 3.8) is 0 Å². The molecule has 0 saturated carbocycles. The highest BCUT2D eigenvalue weighted by molar-refractivity contribution is 5.95. The Hall–Kier alpha value is -1.58. The molecule has 0 amide bonds. The van der Waals surface area contributed by atoms with Crippen molar-refractivity contribution in [2.45, 2.75) is 0 Å². The molecule has 0 unspecified atom stereocenters. The summed E-state index contributed by atoms with van der Waals surface area (Å²) >= 11 is 0. The van der Waals surface area contributed by atoms with Gasteiger partial charge in [0.2, 0.25) is 5.88 Å². The van der Waals surface area contributed by atoms with E-state index >= 15 is 0 Å². The van der Waals surface area contributed by atoms with Crippen molar-refractivity contribution in [1.29, 1.82) is 5.41 Å². The van der Waals surface area contributed by atoms with E-state index in [9.17, 15) is 0 Å². The van der Waals surface area contributed by atoms with Crippen LogP contribution in [-0.2, 0) is 0 Å². The van der Waals surface area contributed by atoms with Crippen molar-refractivity contribution >= 4 is 5.84 Å². The monoisotopic (exact) mass is 151 g/mol. The van der Waals surface area contributed by atoms with E-state index in [2.05, 4.69) is 4.98 Å². The third-order valence-electron chi connectivity index (χ3n) is 1.25. The van der Waals surface area contributed by atoms with Crippen LogP contribution in [0.15, 0.2) is 18.3 Å². The zero-order valence-corrected chi connectivity index (χ0v) is 6.16. The van der Waals surface area contributed by atoms with E-state index in [0.29, 0.717) is 11.4 Å². The van der Waals surface area contributed by atoms with Crippen molar-refractivity contribution in [3.05, 3.63) is 23.9 Å². The number of aromatic nitrogens is 1. The first-order valence-corrected chi connectivity index (χ1v) is 3.08. The van der Waals surface area contributed by atoms with Gasteiger partial charge in [-0.05, 0) is 6.07 Å². The fraction of sp³-hybridized carbons (Fsp3) is 0.143. The molecule has 58 valence electrons. The summed E-state index contributed by atoms with van der Waals surface area (Å²) in [5.74, 6) is 0.489. The smallest absolute Gasteiger partial charge is 0.213 e. The summed E-state index contributed by atoms with van der Waals surface area (Å²) in [6, 6.07) is 3.27. The summed E-state index contributed by atoms with van der Waals surface area (Å²) in [7, 11) is 1.52. The number of rotatable bonds is 2. The van der Waals surface area contributed by atoms with Gasteiger partial charge in [-0.25, -0.2) is 4.98 Å². The van der Waals surface area contributed by atoms with Crippen LogP contribution in [0.5, 0.6) is 5.88 Å². The highest BCUT2D eigenvalue weighted by atomic mass is 16.5. The summed E-state index contributed by atoms with van der Waals surface area (Å²) in [4.78, 5) is 3.87. The molecule has 1 aromatic rings.